The molecule has 0 aliphatic heterocycles. The van der Waals surface area contributed by atoms with E-state index in [0.717, 1.165) is 18.2 Å². The van der Waals surface area contributed by atoms with Gasteiger partial charge in [-0.15, -0.1) is 0 Å². The highest BCUT2D eigenvalue weighted by molar-refractivity contribution is 6.32. The van der Waals surface area contributed by atoms with Gasteiger partial charge in [0.2, 0.25) is 5.91 Å². The molecule has 0 fully saturated rings. The number of aromatic hydroxyl groups is 1. The molecule has 0 bridgehead atoms. The minimum atomic E-state index is -0.690. The lowest BCUT2D eigenvalue weighted by Gasteiger charge is -2.01. The summed E-state index contributed by atoms with van der Waals surface area (Å²) >= 11 is 5.49. The Labute approximate surface area is 84.6 Å². The van der Waals surface area contributed by atoms with E-state index in [1.54, 1.807) is 0 Å². The molecule has 0 heterocycles. The van der Waals surface area contributed by atoms with Gasteiger partial charge < -0.3 is 10.8 Å². The third-order valence-electron chi connectivity index (χ3n) is 1.48. The topological polar surface area (TPSA) is 63.3 Å². The summed E-state index contributed by atoms with van der Waals surface area (Å²) in [6.45, 7) is 0. The number of primary amides is 1. The van der Waals surface area contributed by atoms with Crippen molar-refractivity contribution in [2.24, 2.45) is 5.73 Å². The van der Waals surface area contributed by atoms with Gasteiger partial charge in [-0.05, 0) is 18.2 Å². The number of rotatable bonds is 2. The van der Waals surface area contributed by atoms with Crippen LogP contribution in [0.2, 0.25) is 5.02 Å². The second kappa shape index (κ2) is 4.11. The third-order valence-corrected chi connectivity index (χ3v) is 1.77. The monoisotopic (exact) mass is 215 g/mol. The van der Waals surface area contributed by atoms with Crippen LogP contribution in [-0.4, -0.2) is 11.0 Å². The second-order valence-corrected chi connectivity index (χ2v) is 2.97. The van der Waals surface area contributed by atoms with Gasteiger partial charge in [-0.1, -0.05) is 11.6 Å². The highest BCUT2D eigenvalue weighted by atomic mass is 35.5. The van der Waals surface area contributed by atoms with E-state index in [2.05, 4.69) is 0 Å². The Morgan fingerprint density at radius 3 is 2.79 bits per heavy atom. The van der Waals surface area contributed by atoms with Crippen LogP contribution < -0.4 is 5.73 Å². The van der Waals surface area contributed by atoms with E-state index in [1.807, 2.05) is 0 Å². The Kier molecular flexibility index (Phi) is 3.09. The molecule has 1 aromatic carbocycles. The molecule has 1 aromatic rings. The number of halogens is 2. The van der Waals surface area contributed by atoms with Gasteiger partial charge in [0, 0.05) is 11.6 Å². The minimum absolute atomic E-state index is 0.105. The summed E-state index contributed by atoms with van der Waals surface area (Å²) in [4.78, 5) is 10.4. The molecule has 0 aliphatic rings. The molecular formula is C9H7ClFNO2. The Morgan fingerprint density at radius 2 is 2.21 bits per heavy atom. The first kappa shape index (κ1) is 10.5. The molecule has 74 valence electrons. The lowest BCUT2D eigenvalue weighted by Crippen LogP contribution is -2.05. The first-order valence-corrected chi connectivity index (χ1v) is 4.04. The average molecular weight is 216 g/mol. The molecular weight excluding hydrogens is 209 g/mol. The highest BCUT2D eigenvalue weighted by Crippen LogP contribution is 2.29. The van der Waals surface area contributed by atoms with E-state index in [1.165, 1.54) is 6.08 Å². The maximum absolute atomic E-state index is 12.8. The van der Waals surface area contributed by atoms with Gasteiger partial charge in [0.25, 0.3) is 0 Å². The highest BCUT2D eigenvalue weighted by Gasteiger charge is 2.05. The Balaban J connectivity index is 3.14. The molecule has 1 amide bonds. The van der Waals surface area contributed by atoms with Gasteiger partial charge in [0.15, 0.2) is 0 Å². The van der Waals surface area contributed by atoms with Crippen molar-refractivity contribution in [2.75, 3.05) is 0 Å². The van der Waals surface area contributed by atoms with Crippen LogP contribution in [0.4, 0.5) is 4.39 Å². The number of phenolic OH excluding ortho intramolecular Hbond substituents is 1. The first-order valence-electron chi connectivity index (χ1n) is 3.66. The van der Waals surface area contributed by atoms with E-state index in [4.69, 9.17) is 17.3 Å². The van der Waals surface area contributed by atoms with Gasteiger partial charge in [0.1, 0.15) is 11.6 Å². The fourth-order valence-electron chi connectivity index (χ4n) is 0.885. The molecule has 0 radical (unpaired) electrons. The van der Waals surface area contributed by atoms with Crippen molar-refractivity contribution >= 4 is 23.6 Å². The van der Waals surface area contributed by atoms with Crippen LogP contribution in [0, 0.1) is 5.82 Å². The predicted molar refractivity (Wildman–Crippen MR) is 51.3 cm³/mol. The third kappa shape index (κ3) is 2.47. The summed E-state index contributed by atoms with van der Waals surface area (Å²) in [5, 5.41) is 9.22. The van der Waals surface area contributed by atoms with Crippen molar-refractivity contribution in [3.8, 4) is 5.75 Å². The summed E-state index contributed by atoms with van der Waals surface area (Å²) in [5.74, 6) is -1.58. The number of hydrogen-bond donors (Lipinski definition) is 2. The van der Waals surface area contributed by atoms with Crippen molar-refractivity contribution in [1.29, 1.82) is 0 Å². The fraction of sp³-hybridized carbons (Fsp3) is 0. The summed E-state index contributed by atoms with van der Waals surface area (Å²) < 4.78 is 12.8. The van der Waals surface area contributed by atoms with Crippen LogP contribution in [0.15, 0.2) is 18.2 Å². The summed E-state index contributed by atoms with van der Waals surface area (Å²) in [6, 6.07) is 2.01. The van der Waals surface area contributed by atoms with Crippen molar-refractivity contribution < 1.29 is 14.3 Å². The van der Waals surface area contributed by atoms with Crippen molar-refractivity contribution in [3.63, 3.8) is 0 Å². The molecule has 3 N–H and O–H groups in total. The molecule has 0 spiro atoms. The molecule has 0 aliphatic carbocycles. The van der Waals surface area contributed by atoms with E-state index in [-0.39, 0.29) is 16.3 Å². The van der Waals surface area contributed by atoms with Gasteiger partial charge in [0.05, 0.1) is 5.02 Å². The molecule has 5 heteroatoms. The zero-order valence-corrected chi connectivity index (χ0v) is 7.75. The van der Waals surface area contributed by atoms with Crippen molar-refractivity contribution in [1.82, 2.24) is 0 Å². The number of nitrogens with two attached hydrogens (primary N) is 1. The van der Waals surface area contributed by atoms with E-state index in [0.29, 0.717) is 0 Å². The molecule has 0 aromatic heterocycles. The van der Waals surface area contributed by atoms with Crippen LogP contribution in [0.5, 0.6) is 5.75 Å². The number of phenols is 1. The molecule has 0 atom stereocenters. The zero-order chi connectivity index (χ0) is 10.7. The summed E-state index contributed by atoms with van der Waals surface area (Å²) in [7, 11) is 0. The predicted octanol–water partition coefficient (Wildman–Crippen LogP) is 1.68. The van der Waals surface area contributed by atoms with Crippen molar-refractivity contribution in [3.05, 3.63) is 34.6 Å². The number of amides is 1. The normalized spacial score (nSPS) is 10.7. The molecule has 0 unspecified atom stereocenters. The molecule has 0 saturated carbocycles. The number of benzene rings is 1. The molecule has 14 heavy (non-hydrogen) atoms. The maximum atomic E-state index is 12.8. The second-order valence-electron chi connectivity index (χ2n) is 2.56. The first-order chi connectivity index (χ1) is 6.50. The SMILES string of the molecule is NC(=O)/C=C/c1cc(F)cc(Cl)c1O. The lowest BCUT2D eigenvalue weighted by atomic mass is 10.2. The van der Waals surface area contributed by atoms with Gasteiger partial charge >= 0.3 is 0 Å². The fourth-order valence-corrected chi connectivity index (χ4v) is 1.10. The van der Waals surface area contributed by atoms with Crippen LogP contribution in [0.3, 0.4) is 0 Å². The Morgan fingerprint density at radius 1 is 1.57 bits per heavy atom. The lowest BCUT2D eigenvalue weighted by molar-refractivity contribution is -0.113. The van der Waals surface area contributed by atoms with Gasteiger partial charge in [-0.25, -0.2) is 4.39 Å². The minimum Gasteiger partial charge on any atom is -0.506 e. The van der Waals surface area contributed by atoms with Crippen LogP contribution in [0.25, 0.3) is 6.08 Å². The number of hydrogen-bond acceptors (Lipinski definition) is 2. The average Bonchev–Trinajstić information content (AvgIpc) is 2.08. The van der Waals surface area contributed by atoms with Crippen LogP contribution >= 0.6 is 11.6 Å². The summed E-state index contributed by atoms with van der Waals surface area (Å²) in [5.41, 5.74) is 4.94. The molecule has 3 nitrogen and oxygen atoms in total. The smallest absolute Gasteiger partial charge is 0.241 e. The quantitative estimate of drug-likeness (QED) is 0.738. The standard InChI is InChI=1S/C9H7ClFNO2/c10-7-4-6(11)3-5(9(7)14)1-2-8(12)13/h1-4,14H,(H2,12,13)/b2-1+. The summed E-state index contributed by atoms with van der Waals surface area (Å²) in [6.07, 6.45) is 2.19. The largest absolute Gasteiger partial charge is 0.506 e. The maximum Gasteiger partial charge on any atom is 0.241 e. The Bertz CT molecular complexity index is 404. The van der Waals surface area contributed by atoms with Gasteiger partial charge in [-0.3, -0.25) is 4.79 Å². The van der Waals surface area contributed by atoms with Gasteiger partial charge in [-0.2, -0.15) is 0 Å². The van der Waals surface area contributed by atoms with Crippen LogP contribution in [0.1, 0.15) is 5.56 Å². The number of carbonyl (C=O) groups excluding carboxylic acids is 1. The van der Waals surface area contributed by atoms with Crippen molar-refractivity contribution in [2.45, 2.75) is 0 Å². The molecule has 0 saturated heterocycles. The van der Waals surface area contributed by atoms with E-state index >= 15 is 0 Å². The Hall–Kier alpha value is -1.55. The molecule has 1 rings (SSSR count). The number of carbonyl (C=O) groups is 1. The van der Waals surface area contributed by atoms with Crippen LogP contribution in [-0.2, 0) is 4.79 Å². The zero-order valence-electron chi connectivity index (χ0n) is 7.00. The van der Waals surface area contributed by atoms with E-state index < -0.39 is 11.7 Å². The van der Waals surface area contributed by atoms with E-state index in [9.17, 15) is 14.3 Å².